The molecule has 0 aromatic heterocycles. The summed E-state index contributed by atoms with van der Waals surface area (Å²) >= 11 is 0. The highest BCUT2D eigenvalue weighted by molar-refractivity contribution is 5.98. The number of carbonyl (C=O) groups excluding carboxylic acids is 2. The van der Waals surface area contributed by atoms with Crippen molar-refractivity contribution in [3.63, 3.8) is 0 Å². The zero-order valence-electron chi connectivity index (χ0n) is 12.9. The van der Waals surface area contributed by atoms with Gasteiger partial charge in [-0.15, -0.1) is 0 Å². The number of hydrogen-bond acceptors (Lipinski definition) is 4. The standard InChI is InChI=1S/C17H21FN2O3/c18-13-5-3-11(4-6-13)16(22)12-2-1-7-20(10-12)17(23)15-8-14(21)9-19-15/h3-6,12,14-15,19,21H,1-2,7-10H2. The van der Waals surface area contributed by atoms with E-state index < -0.39 is 6.10 Å². The fraction of sp³-hybridized carbons (Fsp3) is 0.529. The van der Waals surface area contributed by atoms with Gasteiger partial charge in [0, 0.05) is 31.1 Å². The van der Waals surface area contributed by atoms with E-state index in [0.29, 0.717) is 31.6 Å². The molecule has 23 heavy (non-hydrogen) atoms. The largest absolute Gasteiger partial charge is 0.392 e. The number of hydrogen-bond donors (Lipinski definition) is 2. The Hall–Kier alpha value is -1.79. The summed E-state index contributed by atoms with van der Waals surface area (Å²) in [6.45, 7) is 1.46. The van der Waals surface area contributed by atoms with E-state index >= 15 is 0 Å². The molecule has 1 amide bonds. The number of ketones is 1. The highest BCUT2D eigenvalue weighted by atomic mass is 19.1. The average molecular weight is 320 g/mol. The molecule has 1 aromatic rings. The van der Waals surface area contributed by atoms with Gasteiger partial charge in [-0.25, -0.2) is 4.39 Å². The summed E-state index contributed by atoms with van der Waals surface area (Å²) < 4.78 is 13.0. The third kappa shape index (κ3) is 3.59. The highest BCUT2D eigenvalue weighted by Crippen LogP contribution is 2.23. The Bertz CT molecular complexity index is 590. The van der Waals surface area contributed by atoms with Crippen LogP contribution in [0, 0.1) is 11.7 Å². The molecule has 6 heteroatoms. The molecule has 2 aliphatic rings. The number of benzene rings is 1. The zero-order valence-corrected chi connectivity index (χ0v) is 12.9. The maximum Gasteiger partial charge on any atom is 0.239 e. The fourth-order valence-corrected chi connectivity index (χ4v) is 3.37. The first-order valence-corrected chi connectivity index (χ1v) is 8.04. The van der Waals surface area contributed by atoms with Crippen molar-refractivity contribution < 1.29 is 19.1 Å². The first-order valence-electron chi connectivity index (χ1n) is 8.04. The number of Topliss-reactive ketones (excluding diaryl/α,β-unsaturated/α-hetero) is 1. The summed E-state index contributed by atoms with van der Waals surface area (Å²) in [6, 6.07) is 5.19. The topological polar surface area (TPSA) is 69.6 Å². The number of carbonyl (C=O) groups is 2. The molecule has 124 valence electrons. The lowest BCUT2D eigenvalue weighted by Gasteiger charge is -2.33. The third-order valence-electron chi connectivity index (χ3n) is 4.64. The zero-order chi connectivity index (χ0) is 16.4. The van der Waals surface area contributed by atoms with Crippen LogP contribution in [0.4, 0.5) is 4.39 Å². The molecule has 3 atom stereocenters. The Kier molecular flexibility index (Phi) is 4.73. The molecule has 0 aliphatic carbocycles. The van der Waals surface area contributed by atoms with Gasteiger partial charge in [-0.3, -0.25) is 9.59 Å². The summed E-state index contributed by atoms with van der Waals surface area (Å²) in [5.41, 5.74) is 0.486. The number of halogens is 1. The molecule has 5 nitrogen and oxygen atoms in total. The second-order valence-corrected chi connectivity index (χ2v) is 6.34. The van der Waals surface area contributed by atoms with Gasteiger partial charge in [0.15, 0.2) is 5.78 Å². The second-order valence-electron chi connectivity index (χ2n) is 6.34. The molecule has 0 radical (unpaired) electrons. The van der Waals surface area contributed by atoms with Crippen molar-refractivity contribution in [2.45, 2.75) is 31.4 Å². The molecule has 2 N–H and O–H groups in total. The second kappa shape index (κ2) is 6.76. The molecule has 2 fully saturated rings. The van der Waals surface area contributed by atoms with Crippen molar-refractivity contribution in [3.05, 3.63) is 35.6 Å². The lowest BCUT2D eigenvalue weighted by molar-refractivity contribution is -0.134. The molecule has 0 bridgehead atoms. The predicted octanol–water partition coefficient (Wildman–Crippen LogP) is 0.970. The van der Waals surface area contributed by atoms with Crippen LogP contribution in [0.15, 0.2) is 24.3 Å². The normalized spacial score (nSPS) is 27.9. The first-order chi connectivity index (χ1) is 11.0. The van der Waals surface area contributed by atoms with Crippen LogP contribution in [-0.2, 0) is 4.79 Å². The first kappa shape index (κ1) is 16.1. The smallest absolute Gasteiger partial charge is 0.239 e. The Morgan fingerprint density at radius 1 is 1.26 bits per heavy atom. The lowest BCUT2D eigenvalue weighted by atomic mass is 9.89. The number of piperidine rings is 1. The SMILES string of the molecule is O=C(c1ccc(F)cc1)C1CCCN(C(=O)C2CC(O)CN2)C1. The van der Waals surface area contributed by atoms with Crippen molar-refractivity contribution in [3.8, 4) is 0 Å². The van der Waals surface area contributed by atoms with E-state index in [9.17, 15) is 19.1 Å². The van der Waals surface area contributed by atoms with Crippen LogP contribution in [0.3, 0.4) is 0 Å². The summed E-state index contributed by atoms with van der Waals surface area (Å²) in [7, 11) is 0. The molecule has 1 aromatic carbocycles. The van der Waals surface area contributed by atoms with Gasteiger partial charge in [-0.1, -0.05) is 0 Å². The van der Waals surface area contributed by atoms with Crippen molar-refractivity contribution in [2.24, 2.45) is 5.92 Å². The van der Waals surface area contributed by atoms with E-state index in [0.717, 1.165) is 12.8 Å². The average Bonchev–Trinajstić information content (AvgIpc) is 3.01. The van der Waals surface area contributed by atoms with Crippen LogP contribution >= 0.6 is 0 Å². The number of aliphatic hydroxyl groups excluding tert-OH is 1. The van der Waals surface area contributed by atoms with Crippen LogP contribution in [0.1, 0.15) is 29.6 Å². The Labute approximate surface area is 134 Å². The molecule has 3 rings (SSSR count). The quantitative estimate of drug-likeness (QED) is 0.814. The summed E-state index contributed by atoms with van der Waals surface area (Å²) in [5, 5.41) is 12.6. The highest BCUT2D eigenvalue weighted by Gasteiger charge is 2.35. The number of aliphatic hydroxyl groups is 1. The summed E-state index contributed by atoms with van der Waals surface area (Å²) in [4.78, 5) is 26.7. The van der Waals surface area contributed by atoms with Gasteiger partial charge in [0.05, 0.1) is 12.1 Å². The van der Waals surface area contributed by atoms with E-state index in [1.54, 1.807) is 4.90 Å². The van der Waals surface area contributed by atoms with E-state index in [1.807, 2.05) is 0 Å². The van der Waals surface area contributed by atoms with E-state index in [1.165, 1.54) is 24.3 Å². The number of nitrogens with one attached hydrogen (secondary N) is 1. The maximum absolute atomic E-state index is 13.0. The fourth-order valence-electron chi connectivity index (χ4n) is 3.37. The number of β-amino-alcohol motifs (C(OH)–C–C–N with tert-alkyl or cyclic N) is 1. The monoisotopic (exact) mass is 320 g/mol. The lowest BCUT2D eigenvalue weighted by Crippen LogP contribution is -2.49. The van der Waals surface area contributed by atoms with E-state index in [4.69, 9.17) is 0 Å². The van der Waals surface area contributed by atoms with Gasteiger partial charge in [0.2, 0.25) is 5.91 Å². The summed E-state index contributed by atoms with van der Waals surface area (Å²) in [5.74, 6) is -0.697. The molecule has 2 aliphatic heterocycles. The molecule has 0 saturated carbocycles. The van der Waals surface area contributed by atoms with Gasteiger partial charge in [0.1, 0.15) is 5.82 Å². The number of amides is 1. The minimum absolute atomic E-state index is 0.0399. The van der Waals surface area contributed by atoms with Gasteiger partial charge < -0.3 is 15.3 Å². The Balaban J connectivity index is 1.64. The molecule has 0 spiro atoms. The van der Waals surface area contributed by atoms with Crippen molar-refractivity contribution in [2.75, 3.05) is 19.6 Å². The van der Waals surface area contributed by atoms with Crippen LogP contribution in [0.5, 0.6) is 0 Å². The van der Waals surface area contributed by atoms with Crippen molar-refractivity contribution >= 4 is 11.7 Å². The van der Waals surface area contributed by atoms with Crippen LogP contribution in [-0.4, -0.2) is 53.5 Å². The van der Waals surface area contributed by atoms with Crippen LogP contribution in [0.2, 0.25) is 0 Å². The minimum Gasteiger partial charge on any atom is -0.392 e. The Morgan fingerprint density at radius 2 is 2.00 bits per heavy atom. The van der Waals surface area contributed by atoms with Gasteiger partial charge >= 0.3 is 0 Å². The number of likely N-dealkylation sites (tertiary alicyclic amines) is 1. The van der Waals surface area contributed by atoms with E-state index in [2.05, 4.69) is 5.32 Å². The maximum atomic E-state index is 13.0. The van der Waals surface area contributed by atoms with Crippen molar-refractivity contribution in [1.82, 2.24) is 10.2 Å². The number of nitrogens with zero attached hydrogens (tertiary/aromatic N) is 1. The third-order valence-corrected chi connectivity index (χ3v) is 4.64. The summed E-state index contributed by atoms with van der Waals surface area (Å²) in [6.07, 6.45) is 1.45. The van der Waals surface area contributed by atoms with Gasteiger partial charge in [0.25, 0.3) is 0 Å². The molecule has 2 heterocycles. The molecular weight excluding hydrogens is 299 g/mol. The van der Waals surface area contributed by atoms with Crippen molar-refractivity contribution in [1.29, 1.82) is 0 Å². The number of rotatable bonds is 3. The Morgan fingerprint density at radius 3 is 2.65 bits per heavy atom. The predicted molar refractivity (Wildman–Crippen MR) is 82.4 cm³/mol. The van der Waals surface area contributed by atoms with Crippen LogP contribution in [0.25, 0.3) is 0 Å². The van der Waals surface area contributed by atoms with Gasteiger partial charge in [-0.05, 0) is 43.5 Å². The molecule has 3 unspecified atom stereocenters. The minimum atomic E-state index is -0.481. The van der Waals surface area contributed by atoms with E-state index in [-0.39, 0.29) is 29.5 Å². The molecular formula is C17H21FN2O3. The van der Waals surface area contributed by atoms with Crippen LogP contribution < -0.4 is 5.32 Å². The molecule has 2 saturated heterocycles. The van der Waals surface area contributed by atoms with Gasteiger partial charge in [-0.2, -0.15) is 0 Å².